The van der Waals surface area contributed by atoms with E-state index in [-0.39, 0.29) is 18.4 Å². The van der Waals surface area contributed by atoms with Crippen molar-refractivity contribution in [3.8, 4) is 0 Å². The van der Waals surface area contributed by atoms with Crippen LogP contribution in [0.3, 0.4) is 0 Å². The van der Waals surface area contributed by atoms with Gasteiger partial charge in [-0.05, 0) is 37.6 Å². The Morgan fingerprint density at radius 2 is 1.95 bits per heavy atom. The van der Waals surface area contributed by atoms with E-state index < -0.39 is 6.04 Å². The van der Waals surface area contributed by atoms with Gasteiger partial charge in [0.15, 0.2) is 0 Å². The van der Waals surface area contributed by atoms with Crippen molar-refractivity contribution < 1.29 is 9.59 Å². The van der Waals surface area contributed by atoms with Gasteiger partial charge in [-0.25, -0.2) is 0 Å². The van der Waals surface area contributed by atoms with Crippen LogP contribution in [-0.2, 0) is 9.59 Å². The first-order valence-electron chi connectivity index (χ1n) is 6.53. The number of amides is 2. The molecular formula is C14H20ClN3O2. The van der Waals surface area contributed by atoms with E-state index in [0.717, 1.165) is 6.42 Å². The molecule has 1 atom stereocenters. The summed E-state index contributed by atoms with van der Waals surface area (Å²) in [7, 11) is 0. The molecule has 1 aromatic rings. The van der Waals surface area contributed by atoms with Crippen LogP contribution < -0.4 is 11.1 Å². The highest BCUT2D eigenvalue weighted by atomic mass is 35.5. The van der Waals surface area contributed by atoms with E-state index in [9.17, 15) is 9.59 Å². The number of hydrogen-bond donors (Lipinski definition) is 2. The Morgan fingerprint density at radius 3 is 2.45 bits per heavy atom. The van der Waals surface area contributed by atoms with Crippen LogP contribution in [0.5, 0.6) is 0 Å². The van der Waals surface area contributed by atoms with E-state index in [4.69, 9.17) is 17.3 Å². The zero-order valence-corrected chi connectivity index (χ0v) is 12.5. The quantitative estimate of drug-likeness (QED) is 0.841. The van der Waals surface area contributed by atoms with Gasteiger partial charge in [-0.1, -0.05) is 18.5 Å². The van der Waals surface area contributed by atoms with Crippen LogP contribution >= 0.6 is 11.6 Å². The minimum absolute atomic E-state index is 0.00314. The molecule has 0 saturated carbocycles. The topological polar surface area (TPSA) is 75.4 Å². The monoisotopic (exact) mass is 297 g/mol. The number of nitrogens with two attached hydrogens (primary N) is 1. The number of carbonyl (C=O) groups is 2. The molecule has 0 aliphatic rings. The number of halogens is 1. The third-order valence-corrected chi connectivity index (χ3v) is 2.91. The standard InChI is InChI=1S/C14H20ClN3O2/c1-3-8-18(14(20)10(2)16)9-13(19)17-12-6-4-11(15)5-7-12/h4-7,10H,3,8-9,16H2,1-2H3,(H,17,19)/t10-/m1/s1. The highest BCUT2D eigenvalue weighted by molar-refractivity contribution is 6.30. The maximum atomic E-state index is 11.9. The molecule has 0 bridgehead atoms. The Kier molecular flexibility index (Phi) is 6.48. The second-order valence-corrected chi connectivity index (χ2v) is 5.04. The molecule has 0 spiro atoms. The molecule has 0 aliphatic carbocycles. The fraction of sp³-hybridized carbons (Fsp3) is 0.429. The summed E-state index contributed by atoms with van der Waals surface area (Å²) in [5, 5.41) is 3.32. The fourth-order valence-corrected chi connectivity index (χ4v) is 1.86. The van der Waals surface area contributed by atoms with Crippen molar-refractivity contribution in [2.24, 2.45) is 5.73 Å². The smallest absolute Gasteiger partial charge is 0.243 e. The SMILES string of the molecule is CCCN(CC(=O)Nc1ccc(Cl)cc1)C(=O)[C@@H](C)N. The third kappa shape index (κ3) is 5.19. The van der Waals surface area contributed by atoms with Gasteiger partial charge in [0, 0.05) is 17.3 Å². The number of nitrogens with one attached hydrogen (secondary N) is 1. The fourth-order valence-electron chi connectivity index (χ4n) is 1.73. The van der Waals surface area contributed by atoms with Crippen molar-refractivity contribution >= 4 is 29.1 Å². The largest absolute Gasteiger partial charge is 0.332 e. The summed E-state index contributed by atoms with van der Waals surface area (Å²) in [5.74, 6) is -0.479. The first-order chi connectivity index (χ1) is 9.43. The van der Waals surface area contributed by atoms with E-state index >= 15 is 0 Å². The number of benzene rings is 1. The van der Waals surface area contributed by atoms with Crippen molar-refractivity contribution in [1.82, 2.24) is 4.90 Å². The van der Waals surface area contributed by atoms with Crippen LogP contribution in [0, 0.1) is 0 Å². The van der Waals surface area contributed by atoms with Gasteiger partial charge in [-0.3, -0.25) is 9.59 Å². The van der Waals surface area contributed by atoms with E-state index in [2.05, 4.69) is 5.32 Å². The van der Waals surface area contributed by atoms with Gasteiger partial charge < -0.3 is 16.0 Å². The number of hydrogen-bond acceptors (Lipinski definition) is 3. The predicted molar refractivity (Wildman–Crippen MR) is 80.6 cm³/mol. The summed E-state index contributed by atoms with van der Waals surface area (Å²) in [5.41, 5.74) is 6.22. The molecule has 0 unspecified atom stereocenters. The van der Waals surface area contributed by atoms with Crippen molar-refractivity contribution in [3.05, 3.63) is 29.3 Å². The molecule has 0 aliphatic heterocycles. The zero-order valence-electron chi connectivity index (χ0n) is 11.7. The van der Waals surface area contributed by atoms with Crippen LogP contribution in [0.1, 0.15) is 20.3 Å². The molecule has 0 heterocycles. The molecule has 0 radical (unpaired) electrons. The van der Waals surface area contributed by atoms with Crippen molar-refractivity contribution in [2.75, 3.05) is 18.4 Å². The zero-order chi connectivity index (χ0) is 15.1. The Labute approximate surface area is 124 Å². The molecule has 20 heavy (non-hydrogen) atoms. The lowest BCUT2D eigenvalue weighted by Gasteiger charge is -2.23. The summed E-state index contributed by atoms with van der Waals surface area (Å²) in [4.78, 5) is 25.3. The first-order valence-corrected chi connectivity index (χ1v) is 6.91. The van der Waals surface area contributed by atoms with Gasteiger partial charge in [0.1, 0.15) is 0 Å². The van der Waals surface area contributed by atoms with Crippen LogP contribution in [0.2, 0.25) is 5.02 Å². The van der Waals surface area contributed by atoms with E-state index in [1.165, 1.54) is 4.90 Å². The van der Waals surface area contributed by atoms with Gasteiger partial charge in [0.2, 0.25) is 11.8 Å². The molecule has 2 amide bonds. The Morgan fingerprint density at radius 1 is 1.35 bits per heavy atom. The summed E-state index contributed by atoms with van der Waals surface area (Å²) in [6, 6.07) is 6.18. The molecule has 3 N–H and O–H groups in total. The Bertz CT molecular complexity index is 460. The Balaban J connectivity index is 2.62. The molecule has 5 nitrogen and oxygen atoms in total. The average Bonchev–Trinajstić information content (AvgIpc) is 2.40. The van der Waals surface area contributed by atoms with Crippen LogP contribution in [-0.4, -0.2) is 35.8 Å². The van der Waals surface area contributed by atoms with Crippen LogP contribution in [0.4, 0.5) is 5.69 Å². The van der Waals surface area contributed by atoms with Gasteiger partial charge in [0.25, 0.3) is 0 Å². The molecular weight excluding hydrogens is 278 g/mol. The van der Waals surface area contributed by atoms with Crippen molar-refractivity contribution in [2.45, 2.75) is 26.3 Å². The van der Waals surface area contributed by atoms with Crippen LogP contribution in [0.15, 0.2) is 24.3 Å². The maximum absolute atomic E-state index is 11.9. The molecule has 0 saturated heterocycles. The number of rotatable bonds is 6. The molecule has 1 rings (SSSR count). The van der Waals surface area contributed by atoms with Crippen molar-refractivity contribution in [3.63, 3.8) is 0 Å². The lowest BCUT2D eigenvalue weighted by Crippen LogP contribution is -2.45. The minimum Gasteiger partial charge on any atom is -0.332 e. The molecule has 6 heteroatoms. The number of anilines is 1. The molecule has 0 fully saturated rings. The second kappa shape index (κ2) is 7.87. The van der Waals surface area contributed by atoms with Crippen molar-refractivity contribution in [1.29, 1.82) is 0 Å². The molecule has 1 aromatic carbocycles. The molecule has 110 valence electrons. The lowest BCUT2D eigenvalue weighted by atomic mass is 10.2. The Hall–Kier alpha value is -1.59. The van der Waals surface area contributed by atoms with E-state index in [1.54, 1.807) is 31.2 Å². The summed E-state index contributed by atoms with van der Waals surface area (Å²) in [6.07, 6.45) is 0.771. The average molecular weight is 298 g/mol. The lowest BCUT2D eigenvalue weighted by molar-refractivity contribution is -0.135. The number of nitrogens with zero attached hydrogens (tertiary/aromatic N) is 1. The van der Waals surface area contributed by atoms with Crippen LogP contribution in [0.25, 0.3) is 0 Å². The normalized spacial score (nSPS) is 11.8. The maximum Gasteiger partial charge on any atom is 0.243 e. The van der Waals surface area contributed by atoms with Gasteiger partial charge in [-0.2, -0.15) is 0 Å². The summed E-state index contributed by atoms with van der Waals surface area (Å²) in [6.45, 7) is 4.06. The van der Waals surface area contributed by atoms with E-state index in [0.29, 0.717) is 17.3 Å². The second-order valence-electron chi connectivity index (χ2n) is 4.60. The highest BCUT2D eigenvalue weighted by Crippen LogP contribution is 2.13. The van der Waals surface area contributed by atoms with Gasteiger partial charge >= 0.3 is 0 Å². The van der Waals surface area contributed by atoms with Gasteiger partial charge in [0.05, 0.1) is 12.6 Å². The minimum atomic E-state index is -0.607. The van der Waals surface area contributed by atoms with E-state index in [1.807, 2.05) is 6.92 Å². The third-order valence-electron chi connectivity index (χ3n) is 2.66. The predicted octanol–water partition coefficient (Wildman–Crippen LogP) is 1.86. The highest BCUT2D eigenvalue weighted by Gasteiger charge is 2.19. The van der Waals surface area contributed by atoms with Gasteiger partial charge in [-0.15, -0.1) is 0 Å². The summed E-state index contributed by atoms with van der Waals surface area (Å²) >= 11 is 5.77. The first kappa shape index (κ1) is 16.5. The summed E-state index contributed by atoms with van der Waals surface area (Å²) < 4.78 is 0. The molecule has 0 aromatic heterocycles. The number of carbonyl (C=O) groups excluding carboxylic acids is 2.